The fourth-order valence-electron chi connectivity index (χ4n) is 2.80. The van der Waals surface area contributed by atoms with Gasteiger partial charge in [0, 0.05) is 33.1 Å². The van der Waals surface area contributed by atoms with E-state index in [-0.39, 0.29) is 5.41 Å². The van der Waals surface area contributed by atoms with Crippen molar-refractivity contribution in [3.05, 3.63) is 42.0 Å². The molecule has 28 heavy (non-hydrogen) atoms. The summed E-state index contributed by atoms with van der Waals surface area (Å²) in [5, 5.41) is 7.60. The second-order valence-electron chi connectivity index (χ2n) is 8.17. The second kappa shape index (κ2) is 9.57. The van der Waals surface area contributed by atoms with Crippen molar-refractivity contribution in [3.8, 4) is 5.75 Å². The van der Waals surface area contributed by atoms with Gasteiger partial charge in [0.1, 0.15) is 17.9 Å². The van der Waals surface area contributed by atoms with E-state index in [1.807, 2.05) is 19.0 Å². The molecule has 1 heterocycles. The number of rotatable bonds is 8. The summed E-state index contributed by atoms with van der Waals surface area (Å²) >= 11 is 0. The Bertz CT molecular complexity index is 763. The van der Waals surface area contributed by atoms with Crippen LogP contribution in [0.5, 0.6) is 5.75 Å². The molecule has 0 saturated heterocycles. The van der Waals surface area contributed by atoms with Crippen LogP contribution in [0, 0.1) is 5.92 Å². The summed E-state index contributed by atoms with van der Waals surface area (Å²) in [6, 6.07) is 8.38. The minimum atomic E-state index is -0.0574. The zero-order valence-corrected chi connectivity index (χ0v) is 18.2. The second-order valence-corrected chi connectivity index (χ2v) is 8.17. The van der Waals surface area contributed by atoms with Crippen molar-refractivity contribution in [2.75, 3.05) is 27.2 Å². The van der Waals surface area contributed by atoms with Gasteiger partial charge in [0.05, 0.1) is 13.2 Å². The molecule has 0 fully saturated rings. The van der Waals surface area contributed by atoms with E-state index in [0.29, 0.717) is 12.5 Å². The first-order valence-corrected chi connectivity index (χ1v) is 9.71. The van der Waals surface area contributed by atoms with E-state index < -0.39 is 0 Å². The van der Waals surface area contributed by atoms with Crippen molar-refractivity contribution in [1.29, 1.82) is 0 Å². The van der Waals surface area contributed by atoms with Crippen molar-refractivity contribution in [2.45, 2.75) is 39.7 Å². The summed E-state index contributed by atoms with van der Waals surface area (Å²) in [5.41, 5.74) is 1.20. The van der Waals surface area contributed by atoms with Crippen LogP contribution < -0.4 is 10.1 Å². The van der Waals surface area contributed by atoms with Crippen LogP contribution in [0.25, 0.3) is 0 Å². The summed E-state index contributed by atoms with van der Waals surface area (Å²) in [6.07, 6.45) is 1.57. The lowest BCUT2D eigenvalue weighted by atomic mass is 9.84. The lowest BCUT2D eigenvalue weighted by Crippen LogP contribution is -2.44. The van der Waals surface area contributed by atoms with Gasteiger partial charge in [-0.05, 0) is 23.6 Å². The van der Waals surface area contributed by atoms with Crippen LogP contribution in [0.2, 0.25) is 0 Å². The average Bonchev–Trinajstić information content (AvgIpc) is 3.05. The Kier molecular flexibility index (Phi) is 7.43. The molecule has 0 radical (unpaired) electrons. The van der Waals surface area contributed by atoms with E-state index in [0.717, 1.165) is 30.7 Å². The van der Waals surface area contributed by atoms with Crippen molar-refractivity contribution < 1.29 is 4.74 Å². The maximum Gasteiger partial charge on any atom is 0.193 e. The van der Waals surface area contributed by atoms with Crippen molar-refractivity contribution in [2.24, 2.45) is 18.0 Å². The first kappa shape index (κ1) is 21.7. The molecular weight excluding hydrogens is 352 g/mol. The summed E-state index contributed by atoms with van der Waals surface area (Å²) in [5.74, 6) is 3.15. The molecule has 2 aromatic rings. The molecule has 0 spiro atoms. The lowest BCUT2D eigenvalue weighted by Gasteiger charge is -2.29. The minimum Gasteiger partial charge on any atom is -0.493 e. The van der Waals surface area contributed by atoms with Crippen LogP contribution in [0.1, 0.15) is 39.1 Å². The highest BCUT2D eigenvalue weighted by molar-refractivity contribution is 5.79. The van der Waals surface area contributed by atoms with Gasteiger partial charge >= 0.3 is 0 Å². The van der Waals surface area contributed by atoms with Crippen molar-refractivity contribution in [3.63, 3.8) is 0 Å². The van der Waals surface area contributed by atoms with Crippen LogP contribution in [-0.4, -0.2) is 52.9 Å². The highest BCUT2D eigenvalue weighted by Crippen LogP contribution is 2.25. The number of hydrogen-bond donors (Lipinski definition) is 1. The van der Waals surface area contributed by atoms with Crippen LogP contribution in [-0.2, 0) is 19.0 Å². The van der Waals surface area contributed by atoms with Gasteiger partial charge in [-0.2, -0.15) is 5.10 Å². The number of aromatic nitrogens is 3. The predicted octanol–water partition coefficient (Wildman–Crippen LogP) is 2.83. The minimum absolute atomic E-state index is 0.0574. The molecule has 0 unspecified atom stereocenters. The Hall–Kier alpha value is -2.57. The zero-order valence-electron chi connectivity index (χ0n) is 18.2. The van der Waals surface area contributed by atoms with Crippen LogP contribution in [0.15, 0.2) is 35.6 Å². The van der Waals surface area contributed by atoms with Gasteiger partial charge in [-0.15, -0.1) is 0 Å². The summed E-state index contributed by atoms with van der Waals surface area (Å²) < 4.78 is 7.56. The van der Waals surface area contributed by atoms with Gasteiger partial charge in [-0.25, -0.2) is 4.98 Å². The molecule has 1 N–H and O–H groups in total. The topological polar surface area (TPSA) is 67.6 Å². The van der Waals surface area contributed by atoms with E-state index in [2.05, 4.69) is 72.4 Å². The quantitative estimate of drug-likeness (QED) is 0.558. The van der Waals surface area contributed by atoms with E-state index in [4.69, 9.17) is 4.74 Å². The van der Waals surface area contributed by atoms with Crippen LogP contribution >= 0.6 is 0 Å². The normalized spacial score (nSPS) is 12.4. The molecule has 0 bridgehead atoms. The molecule has 2 rings (SSSR count). The molecule has 1 aromatic carbocycles. The number of guanidine groups is 1. The standard InChI is InChI=1S/C21H34N6O/c1-16(2)13-28-18-10-8-17(9-11-18)21(3,4)14-23-20(22-5)26(6)12-19-24-15-25-27(19)7/h8-11,15-16H,12-14H2,1-7H3,(H,22,23). The molecule has 7 nitrogen and oxygen atoms in total. The summed E-state index contributed by atoms with van der Waals surface area (Å²) in [7, 11) is 5.69. The number of aliphatic imine (C=N–C) groups is 1. The smallest absolute Gasteiger partial charge is 0.193 e. The Labute approximate surface area is 168 Å². The third-order valence-electron chi connectivity index (χ3n) is 4.66. The number of hydrogen-bond acceptors (Lipinski definition) is 4. The Morgan fingerprint density at radius 2 is 1.96 bits per heavy atom. The Morgan fingerprint density at radius 1 is 1.29 bits per heavy atom. The van der Waals surface area contributed by atoms with E-state index in [1.54, 1.807) is 18.1 Å². The zero-order chi connectivity index (χ0) is 20.7. The molecule has 0 amide bonds. The van der Waals surface area contributed by atoms with Crippen molar-refractivity contribution >= 4 is 5.96 Å². The highest BCUT2D eigenvalue weighted by Gasteiger charge is 2.22. The van der Waals surface area contributed by atoms with E-state index in [1.165, 1.54) is 5.56 Å². The summed E-state index contributed by atoms with van der Waals surface area (Å²) in [4.78, 5) is 10.7. The van der Waals surface area contributed by atoms with E-state index >= 15 is 0 Å². The fourth-order valence-corrected chi connectivity index (χ4v) is 2.80. The molecule has 0 aliphatic carbocycles. The van der Waals surface area contributed by atoms with Gasteiger partial charge in [-0.1, -0.05) is 39.8 Å². The molecular formula is C21H34N6O. The Balaban J connectivity index is 1.95. The largest absolute Gasteiger partial charge is 0.493 e. The molecule has 0 aliphatic rings. The Morgan fingerprint density at radius 3 is 2.50 bits per heavy atom. The first-order valence-electron chi connectivity index (χ1n) is 9.71. The third-order valence-corrected chi connectivity index (χ3v) is 4.66. The molecule has 7 heteroatoms. The molecule has 154 valence electrons. The van der Waals surface area contributed by atoms with E-state index in [9.17, 15) is 0 Å². The maximum atomic E-state index is 5.79. The van der Waals surface area contributed by atoms with Crippen LogP contribution in [0.3, 0.4) is 0 Å². The number of benzene rings is 1. The number of ether oxygens (including phenoxy) is 1. The van der Waals surface area contributed by atoms with Gasteiger partial charge in [0.2, 0.25) is 0 Å². The predicted molar refractivity (Wildman–Crippen MR) is 114 cm³/mol. The average molecular weight is 387 g/mol. The SMILES string of the molecule is CN=C(NCC(C)(C)c1ccc(OCC(C)C)cc1)N(C)Cc1ncnn1C. The van der Waals surface area contributed by atoms with Gasteiger partial charge < -0.3 is 15.0 Å². The van der Waals surface area contributed by atoms with Crippen molar-refractivity contribution in [1.82, 2.24) is 25.0 Å². The van der Waals surface area contributed by atoms with Crippen LogP contribution in [0.4, 0.5) is 0 Å². The summed E-state index contributed by atoms with van der Waals surface area (Å²) in [6.45, 7) is 10.9. The maximum absolute atomic E-state index is 5.79. The monoisotopic (exact) mass is 386 g/mol. The highest BCUT2D eigenvalue weighted by atomic mass is 16.5. The number of nitrogens with one attached hydrogen (secondary N) is 1. The fraction of sp³-hybridized carbons (Fsp3) is 0.571. The number of aryl methyl sites for hydroxylation is 1. The van der Waals surface area contributed by atoms with Gasteiger partial charge in [0.15, 0.2) is 5.96 Å². The van der Waals surface area contributed by atoms with Gasteiger partial charge in [-0.3, -0.25) is 9.67 Å². The number of nitrogens with zero attached hydrogens (tertiary/aromatic N) is 5. The molecule has 0 saturated carbocycles. The van der Waals surface area contributed by atoms with Gasteiger partial charge in [0.25, 0.3) is 0 Å². The first-order chi connectivity index (χ1) is 13.2. The molecule has 0 atom stereocenters. The third kappa shape index (κ3) is 5.97. The molecule has 0 aliphatic heterocycles. The lowest BCUT2D eigenvalue weighted by molar-refractivity contribution is 0.271. The molecule has 1 aromatic heterocycles.